The summed E-state index contributed by atoms with van der Waals surface area (Å²) in [5, 5.41) is 11.1. The lowest BCUT2D eigenvalue weighted by atomic mass is 10.0. The van der Waals surface area contributed by atoms with Gasteiger partial charge in [0.15, 0.2) is 23.6 Å². The van der Waals surface area contributed by atoms with Crippen molar-refractivity contribution in [1.29, 1.82) is 0 Å². The largest absolute Gasteiger partial charge is 0.507 e. The van der Waals surface area contributed by atoms with Gasteiger partial charge >= 0.3 is 5.97 Å². The molecule has 0 aliphatic carbocycles. The van der Waals surface area contributed by atoms with E-state index in [9.17, 15) is 9.90 Å². The van der Waals surface area contributed by atoms with Crippen LogP contribution in [-0.4, -0.2) is 38.7 Å². The molecule has 5 aromatic carbocycles. The zero-order chi connectivity index (χ0) is 31.9. The van der Waals surface area contributed by atoms with E-state index in [-0.39, 0.29) is 5.75 Å². The van der Waals surface area contributed by atoms with Gasteiger partial charge in [-0.1, -0.05) is 116 Å². The summed E-state index contributed by atoms with van der Waals surface area (Å²) < 4.78 is 10.9. The van der Waals surface area contributed by atoms with E-state index in [1.54, 1.807) is 19.1 Å². The van der Waals surface area contributed by atoms with Gasteiger partial charge in [-0.15, -0.1) is 0 Å². The molecule has 0 spiro atoms. The first kappa shape index (κ1) is 30.2. The van der Waals surface area contributed by atoms with E-state index in [1.165, 1.54) is 6.07 Å². The summed E-state index contributed by atoms with van der Waals surface area (Å²) in [5.41, 5.74) is 6.41. The third-order valence-corrected chi connectivity index (χ3v) is 7.44. The van der Waals surface area contributed by atoms with Crippen molar-refractivity contribution >= 4 is 5.97 Å². The predicted molar refractivity (Wildman–Crippen MR) is 180 cm³/mol. The first-order chi connectivity index (χ1) is 22.5. The third-order valence-electron chi connectivity index (χ3n) is 7.44. The number of esters is 1. The molecule has 0 aliphatic heterocycles. The highest BCUT2D eigenvalue weighted by Gasteiger charge is 2.19. The molecule has 6 rings (SSSR count). The quantitative estimate of drug-likeness (QED) is 0.156. The number of phenolic OH excluding ortho intramolecular Hbond substituents is 1. The fourth-order valence-corrected chi connectivity index (χ4v) is 4.99. The summed E-state index contributed by atoms with van der Waals surface area (Å²) in [5.74, 6) is 1.02. The standard InChI is InChI=1S/C39H33N3O4/c1-3-24-45-39(44)26(2)46-33-22-23-34(35(43)25-33)38-41-36(31-18-14-29(15-19-31)27-10-6-4-7-11-27)40-37(42-38)32-20-16-30(17-21-32)28-12-8-5-9-13-28/h4-23,25-26,43H,3,24H2,1-2H3. The molecule has 0 fully saturated rings. The monoisotopic (exact) mass is 607 g/mol. The molecule has 1 aromatic heterocycles. The Hall–Kier alpha value is -5.82. The molecule has 7 heteroatoms. The second-order valence-corrected chi connectivity index (χ2v) is 10.8. The van der Waals surface area contributed by atoms with Crippen LogP contribution in [0.3, 0.4) is 0 Å². The van der Waals surface area contributed by atoms with Crippen LogP contribution >= 0.6 is 0 Å². The van der Waals surface area contributed by atoms with E-state index in [1.807, 2.05) is 91.9 Å². The van der Waals surface area contributed by atoms with Gasteiger partial charge in [0.2, 0.25) is 0 Å². The fraction of sp³-hybridized carbons (Fsp3) is 0.128. The van der Waals surface area contributed by atoms with E-state index >= 15 is 0 Å². The maximum atomic E-state index is 12.2. The lowest BCUT2D eigenvalue weighted by Gasteiger charge is -2.15. The zero-order valence-electron chi connectivity index (χ0n) is 25.6. The molecular formula is C39H33N3O4. The van der Waals surface area contributed by atoms with Crippen LogP contribution in [0.4, 0.5) is 0 Å². The number of aromatic nitrogens is 3. The van der Waals surface area contributed by atoms with Crippen LogP contribution in [0, 0.1) is 0 Å². The van der Waals surface area contributed by atoms with Crippen molar-refractivity contribution in [1.82, 2.24) is 15.0 Å². The number of carbonyl (C=O) groups is 1. The molecule has 1 heterocycles. The third kappa shape index (κ3) is 6.94. The van der Waals surface area contributed by atoms with Crippen molar-refractivity contribution in [3.05, 3.63) is 127 Å². The van der Waals surface area contributed by atoms with E-state index in [2.05, 4.69) is 24.3 Å². The lowest BCUT2D eigenvalue weighted by Crippen LogP contribution is -2.26. The van der Waals surface area contributed by atoms with E-state index in [0.29, 0.717) is 35.4 Å². The number of phenols is 1. The van der Waals surface area contributed by atoms with Crippen molar-refractivity contribution in [2.75, 3.05) is 6.61 Å². The van der Waals surface area contributed by atoms with Crippen molar-refractivity contribution in [3.63, 3.8) is 0 Å². The molecule has 0 bridgehead atoms. The Labute approximate surface area is 268 Å². The zero-order valence-corrected chi connectivity index (χ0v) is 25.6. The van der Waals surface area contributed by atoms with Crippen molar-refractivity contribution < 1.29 is 19.4 Å². The van der Waals surface area contributed by atoms with E-state index in [4.69, 9.17) is 24.4 Å². The van der Waals surface area contributed by atoms with Crippen LogP contribution in [0.25, 0.3) is 56.4 Å². The van der Waals surface area contributed by atoms with Crippen molar-refractivity contribution in [2.24, 2.45) is 0 Å². The summed E-state index contributed by atoms with van der Waals surface area (Å²) in [6, 6.07) is 41.2. The molecule has 1 N–H and O–H groups in total. The molecule has 228 valence electrons. The Kier molecular flexibility index (Phi) is 9.11. The Morgan fingerprint density at radius 1 is 0.630 bits per heavy atom. The van der Waals surface area contributed by atoms with Gasteiger partial charge in [0.1, 0.15) is 11.5 Å². The number of ether oxygens (including phenoxy) is 2. The summed E-state index contributed by atoms with van der Waals surface area (Å²) >= 11 is 0. The maximum absolute atomic E-state index is 12.2. The highest BCUT2D eigenvalue weighted by molar-refractivity contribution is 5.76. The number of rotatable bonds is 10. The number of aromatic hydroxyl groups is 1. The molecule has 1 unspecified atom stereocenters. The van der Waals surface area contributed by atoms with Crippen LogP contribution in [0.5, 0.6) is 11.5 Å². The average Bonchev–Trinajstić information content (AvgIpc) is 3.11. The minimum Gasteiger partial charge on any atom is -0.507 e. The molecule has 0 radical (unpaired) electrons. The van der Waals surface area contributed by atoms with Gasteiger partial charge in [0.25, 0.3) is 0 Å². The highest BCUT2D eigenvalue weighted by atomic mass is 16.6. The first-order valence-electron chi connectivity index (χ1n) is 15.2. The van der Waals surface area contributed by atoms with Crippen LogP contribution in [0.2, 0.25) is 0 Å². The number of carbonyl (C=O) groups excluding carboxylic acids is 1. The normalized spacial score (nSPS) is 11.5. The average molecular weight is 608 g/mol. The van der Waals surface area contributed by atoms with Gasteiger partial charge < -0.3 is 14.6 Å². The van der Waals surface area contributed by atoms with Gasteiger partial charge in [-0.3, -0.25) is 0 Å². The van der Waals surface area contributed by atoms with Crippen molar-refractivity contribution in [2.45, 2.75) is 26.4 Å². The topological polar surface area (TPSA) is 94.4 Å². The van der Waals surface area contributed by atoms with Crippen LogP contribution in [0.15, 0.2) is 127 Å². The van der Waals surface area contributed by atoms with Crippen LogP contribution in [-0.2, 0) is 9.53 Å². The number of hydrogen-bond donors (Lipinski definition) is 1. The smallest absolute Gasteiger partial charge is 0.347 e. The molecule has 1 atom stereocenters. The molecule has 7 nitrogen and oxygen atoms in total. The SMILES string of the molecule is CCCOC(=O)C(C)Oc1ccc(-c2nc(-c3ccc(-c4ccccc4)cc3)nc(-c3ccc(-c4ccccc4)cc3)n2)c(O)c1. The predicted octanol–water partition coefficient (Wildman–Crippen LogP) is 8.63. The maximum Gasteiger partial charge on any atom is 0.347 e. The van der Waals surface area contributed by atoms with Crippen molar-refractivity contribution in [3.8, 4) is 67.9 Å². The molecule has 0 amide bonds. The first-order valence-corrected chi connectivity index (χ1v) is 15.2. The van der Waals surface area contributed by atoms with Gasteiger partial charge in [0, 0.05) is 17.2 Å². The fourth-order valence-electron chi connectivity index (χ4n) is 4.99. The minimum atomic E-state index is -0.829. The van der Waals surface area contributed by atoms with E-state index < -0.39 is 12.1 Å². The second-order valence-electron chi connectivity index (χ2n) is 10.8. The Bertz CT molecular complexity index is 1830. The molecule has 6 aromatic rings. The Morgan fingerprint density at radius 2 is 1.09 bits per heavy atom. The van der Waals surface area contributed by atoms with Gasteiger partial charge in [-0.05, 0) is 47.7 Å². The van der Waals surface area contributed by atoms with Gasteiger partial charge in [-0.25, -0.2) is 19.7 Å². The second kappa shape index (κ2) is 13.9. The van der Waals surface area contributed by atoms with Gasteiger partial charge in [0.05, 0.1) is 12.2 Å². The summed E-state index contributed by atoms with van der Waals surface area (Å²) in [7, 11) is 0. The molecule has 46 heavy (non-hydrogen) atoms. The Morgan fingerprint density at radius 3 is 1.57 bits per heavy atom. The lowest BCUT2D eigenvalue weighted by molar-refractivity contribution is -0.151. The molecule has 0 aliphatic rings. The number of benzene rings is 5. The van der Waals surface area contributed by atoms with Crippen LogP contribution < -0.4 is 4.74 Å². The Balaban J connectivity index is 1.36. The number of hydrogen-bond acceptors (Lipinski definition) is 7. The number of nitrogens with zero attached hydrogens (tertiary/aromatic N) is 3. The van der Waals surface area contributed by atoms with Crippen LogP contribution in [0.1, 0.15) is 20.3 Å². The highest BCUT2D eigenvalue weighted by Crippen LogP contribution is 2.34. The summed E-state index contributed by atoms with van der Waals surface area (Å²) in [6.07, 6.45) is -0.108. The van der Waals surface area contributed by atoms with E-state index in [0.717, 1.165) is 39.8 Å². The minimum absolute atomic E-state index is 0.0893. The summed E-state index contributed by atoms with van der Waals surface area (Å²) in [4.78, 5) is 26.6. The molecular weight excluding hydrogens is 574 g/mol. The van der Waals surface area contributed by atoms with Gasteiger partial charge in [-0.2, -0.15) is 0 Å². The molecule has 0 saturated carbocycles. The molecule has 0 saturated heterocycles. The summed E-state index contributed by atoms with van der Waals surface area (Å²) in [6.45, 7) is 3.86.